The Labute approximate surface area is 118 Å². The van der Waals surface area contributed by atoms with Crippen LogP contribution < -0.4 is 5.32 Å². The zero-order valence-corrected chi connectivity index (χ0v) is 13.3. The molecule has 102 valence electrons. The fourth-order valence-corrected chi connectivity index (χ4v) is 4.20. The number of hydrogen-bond donors (Lipinski definition) is 1. The molecule has 0 saturated heterocycles. The second-order valence-corrected chi connectivity index (χ2v) is 8.23. The molecule has 5 heteroatoms. The van der Waals surface area contributed by atoms with E-state index in [0.717, 1.165) is 16.2 Å². The van der Waals surface area contributed by atoms with Gasteiger partial charge in [-0.05, 0) is 25.0 Å². The van der Waals surface area contributed by atoms with Gasteiger partial charge in [0.25, 0.3) is 0 Å². The average molecular weight is 285 g/mol. The molecule has 1 fully saturated rings. The summed E-state index contributed by atoms with van der Waals surface area (Å²) in [5.74, 6) is 2.18. The van der Waals surface area contributed by atoms with E-state index < -0.39 is 0 Å². The second-order valence-electron chi connectivity index (χ2n) is 5.90. The van der Waals surface area contributed by atoms with Gasteiger partial charge < -0.3 is 5.32 Å². The van der Waals surface area contributed by atoms with Gasteiger partial charge in [-0.3, -0.25) is 0 Å². The van der Waals surface area contributed by atoms with Gasteiger partial charge in [-0.25, -0.2) is 4.98 Å². The van der Waals surface area contributed by atoms with Gasteiger partial charge in [0, 0.05) is 28.2 Å². The van der Waals surface area contributed by atoms with Crippen LogP contribution in [0, 0.1) is 0 Å². The van der Waals surface area contributed by atoms with E-state index in [9.17, 15) is 0 Å². The van der Waals surface area contributed by atoms with Gasteiger partial charge in [-0.15, -0.1) is 0 Å². The van der Waals surface area contributed by atoms with Gasteiger partial charge in [-0.1, -0.05) is 27.7 Å². The van der Waals surface area contributed by atoms with Crippen LogP contribution in [0.5, 0.6) is 0 Å². The van der Waals surface area contributed by atoms with Crippen LogP contribution in [0.4, 0.5) is 5.13 Å². The first kappa shape index (κ1) is 14.1. The lowest BCUT2D eigenvalue weighted by Crippen LogP contribution is -2.17. The summed E-state index contributed by atoms with van der Waals surface area (Å²) >= 11 is 3.59. The molecule has 0 radical (unpaired) electrons. The summed E-state index contributed by atoms with van der Waals surface area (Å²) in [5.41, 5.74) is 0.0483. The van der Waals surface area contributed by atoms with Crippen molar-refractivity contribution in [3.8, 4) is 0 Å². The van der Waals surface area contributed by atoms with Crippen molar-refractivity contribution in [2.75, 3.05) is 11.1 Å². The molecular formula is C13H23N3S2. The second kappa shape index (κ2) is 5.78. The van der Waals surface area contributed by atoms with Crippen LogP contribution in [0.1, 0.15) is 52.8 Å². The smallest absolute Gasteiger partial charge is 0.202 e. The van der Waals surface area contributed by atoms with Gasteiger partial charge in [0.2, 0.25) is 5.13 Å². The summed E-state index contributed by atoms with van der Waals surface area (Å²) < 4.78 is 4.45. The highest BCUT2D eigenvalue weighted by Gasteiger charge is 2.26. The van der Waals surface area contributed by atoms with E-state index >= 15 is 0 Å². The van der Waals surface area contributed by atoms with Gasteiger partial charge in [-0.2, -0.15) is 16.1 Å². The van der Waals surface area contributed by atoms with Crippen molar-refractivity contribution >= 4 is 28.4 Å². The molecule has 0 spiro atoms. The molecule has 3 nitrogen and oxygen atoms in total. The number of thioether (sulfide) groups is 1. The maximum atomic E-state index is 4.61. The molecule has 0 aliphatic heterocycles. The van der Waals surface area contributed by atoms with Crippen LogP contribution in [0.25, 0.3) is 0 Å². The minimum absolute atomic E-state index is 0.0483. The first-order valence-electron chi connectivity index (χ1n) is 6.71. The molecule has 2 unspecified atom stereocenters. The molecule has 1 aromatic rings. The van der Waals surface area contributed by atoms with Crippen molar-refractivity contribution in [1.29, 1.82) is 0 Å². The summed E-state index contributed by atoms with van der Waals surface area (Å²) in [7, 11) is 0. The summed E-state index contributed by atoms with van der Waals surface area (Å²) in [5, 5.41) is 5.38. The Balaban J connectivity index is 1.89. The maximum Gasteiger partial charge on any atom is 0.202 e. The minimum atomic E-state index is 0.0483. The van der Waals surface area contributed by atoms with E-state index in [1.54, 1.807) is 0 Å². The van der Waals surface area contributed by atoms with Crippen molar-refractivity contribution in [2.24, 2.45) is 0 Å². The molecule has 0 aromatic carbocycles. The highest BCUT2D eigenvalue weighted by atomic mass is 32.2. The molecule has 1 saturated carbocycles. The minimum Gasteiger partial charge on any atom is -0.358 e. The van der Waals surface area contributed by atoms with Crippen LogP contribution in [-0.4, -0.2) is 26.4 Å². The standard InChI is InChI=1S/C13H23N3S2/c1-5-17-10-7-6-9(8-10)14-12-15-11(16-18-12)13(2,3)4/h9-10H,5-8H2,1-4H3,(H,14,15,16). The number of nitrogens with one attached hydrogen (secondary N) is 1. The summed E-state index contributed by atoms with van der Waals surface area (Å²) in [6.07, 6.45) is 3.87. The molecule has 18 heavy (non-hydrogen) atoms. The normalized spacial score (nSPS) is 24.4. The highest BCUT2D eigenvalue weighted by molar-refractivity contribution is 7.99. The van der Waals surface area contributed by atoms with Gasteiger partial charge in [0.05, 0.1) is 0 Å². The largest absolute Gasteiger partial charge is 0.358 e. The van der Waals surface area contributed by atoms with Crippen molar-refractivity contribution in [1.82, 2.24) is 9.36 Å². The van der Waals surface area contributed by atoms with E-state index in [1.165, 1.54) is 36.5 Å². The van der Waals surface area contributed by atoms with E-state index in [0.29, 0.717) is 6.04 Å². The van der Waals surface area contributed by atoms with E-state index in [1.807, 2.05) is 0 Å². The summed E-state index contributed by atoms with van der Waals surface area (Å²) in [6.45, 7) is 8.71. The zero-order valence-electron chi connectivity index (χ0n) is 11.7. The fourth-order valence-electron chi connectivity index (χ4n) is 2.22. The Hall–Kier alpha value is -0.290. The predicted octanol–water partition coefficient (Wildman–Crippen LogP) is 3.92. The topological polar surface area (TPSA) is 37.8 Å². The van der Waals surface area contributed by atoms with Crippen LogP contribution in [0.15, 0.2) is 0 Å². The number of rotatable bonds is 4. The Morgan fingerprint density at radius 3 is 2.78 bits per heavy atom. The fraction of sp³-hybridized carbons (Fsp3) is 0.846. The van der Waals surface area contributed by atoms with E-state index in [-0.39, 0.29) is 5.41 Å². The predicted molar refractivity (Wildman–Crippen MR) is 81.8 cm³/mol. The first-order chi connectivity index (χ1) is 8.49. The van der Waals surface area contributed by atoms with Crippen LogP contribution in [0.2, 0.25) is 0 Å². The molecule has 0 amide bonds. The lowest BCUT2D eigenvalue weighted by molar-refractivity contribution is 0.554. The van der Waals surface area contributed by atoms with Crippen molar-refractivity contribution in [3.05, 3.63) is 5.82 Å². The van der Waals surface area contributed by atoms with Crippen LogP contribution in [-0.2, 0) is 5.41 Å². The summed E-state index contributed by atoms with van der Waals surface area (Å²) in [4.78, 5) is 4.61. The third kappa shape index (κ3) is 3.60. The number of anilines is 1. The molecule has 0 bridgehead atoms. The zero-order chi connectivity index (χ0) is 13.2. The molecule has 1 aliphatic carbocycles. The molecular weight excluding hydrogens is 262 g/mol. The third-order valence-corrected chi connectivity index (χ3v) is 5.09. The van der Waals surface area contributed by atoms with Gasteiger partial charge in [0.1, 0.15) is 5.82 Å². The van der Waals surface area contributed by atoms with Crippen LogP contribution >= 0.6 is 23.3 Å². The Morgan fingerprint density at radius 2 is 2.17 bits per heavy atom. The molecule has 2 rings (SSSR count). The monoisotopic (exact) mass is 285 g/mol. The average Bonchev–Trinajstić information content (AvgIpc) is 2.88. The Bertz CT molecular complexity index is 384. The SMILES string of the molecule is CCSC1CCC(Nc2nc(C(C)(C)C)ns2)C1. The number of aromatic nitrogens is 2. The van der Waals surface area contributed by atoms with Crippen molar-refractivity contribution in [2.45, 2.75) is 63.7 Å². The first-order valence-corrected chi connectivity index (χ1v) is 8.53. The van der Waals surface area contributed by atoms with Crippen molar-refractivity contribution < 1.29 is 0 Å². The highest BCUT2D eigenvalue weighted by Crippen LogP contribution is 2.32. The molecule has 1 aromatic heterocycles. The Morgan fingerprint density at radius 1 is 1.39 bits per heavy atom. The number of hydrogen-bond acceptors (Lipinski definition) is 5. The van der Waals surface area contributed by atoms with Crippen molar-refractivity contribution in [3.63, 3.8) is 0 Å². The molecule has 1 heterocycles. The van der Waals surface area contributed by atoms with E-state index in [4.69, 9.17) is 0 Å². The number of nitrogens with zero attached hydrogens (tertiary/aromatic N) is 2. The van der Waals surface area contributed by atoms with Gasteiger partial charge >= 0.3 is 0 Å². The Kier molecular flexibility index (Phi) is 4.54. The van der Waals surface area contributed by atoms with Crippen LogP contribution in [0.3, 0.4) is 0 Å². The molecule has 1 aliphatic rings. The maximum absolute atomic E-state index is 4.61. The lowest BCUT2D eigenvalue weighted by atomic mass is 9.96. The van der Waals surface area contributed by atoms with Gasteiger partial charge in [0.15, 0.2) is 0 Å². The third-order valence-electron chi connectivity index (χ3n) is 3.21. The quantitative estimate of drug-likeness (QED) is 0.910. The summed E-state index contributed by atoms with van der Waals surface area (Å²) in [6, 6.07) is 0.592. The molecule has 2 atom stereocenters. The molecule has 1 N–H and O–H groups in total. The lowest BCUT2D eigenvalue weighted by Gasteiger charge is -2.13. The van der Waals surface area contributed by atoms with E-state index in [2.05, 4.69) is 54.1 Å².